The minimum absolute atomic E-state index is 0.0728. The average molecular weight is 865 g/mol. The highest BCUT2D eigenvalue weighted by Crippen LogP contribution is 2.40. The van der Waals surface area contributed by atoms with Crippen LogP contribution in [0.2, 0.25) is 0 Å². The lowest BCUT2D eigenvalue weighted by Crippen LogP contribution is -2.36. The minimum Gasteiger partial charge on any atom is -0.481 e. The van der Waals surface area contributed by atoms with E-state index in [1.54, 1.807) is 37.7 Å². The van der Waals surface area contributed by atoms with Crippen molar-refractivity contribution in [3.63, 3.8) is 0 Å². The molecule has 0 amide bonds. The van der Waals surface area contributed by atoms with Gasteiger partial charge in [-0.05, 0) is 65.7 Å². The molecule has 1 N–H and O–H groups in total. The zero-order valence-electron chi connectivity index (χ0n) is 32.2. The van der Waals surface area contributed by atoms with E-state index in [0.717, 1.165) is 36.0 Å². The number of ether oxygens (including phenoxy) is 3. The van der Waals surface area contributed by atoms with Gasteiger partial charge in [-0.3, -0.25) is 20.1 Å². The molecule has 1 fully saturated rings. The Morgan fingerprint density at radius 1 is 0.814 bits per heavy atom. The Labute approximate surface area is 345 Å². The van der Waals surface area contributed by atoms with E-state index >= 15 is 4.39 Å². The van der Waals surface area contributed by atoms with Gasteiger partial charge < -0.3 is 24.4 Å². The second-order valence-electron chi connectivity index (χ2n) is 13.2. The van der Waals surface area contributed by atoms with Crippen molar-refractivity contribution in [1.29, 1.82) is 0 Å². The Hall–Kier alpha value is -6.72. The number of pyridine rings is 6. The smallest absolute Gasteiger partial charge is 0.296 e. The Balaban J connectivity index is 0.000000245. The molecule has 6 aromatic heterocycles. The molecule has 0 spiro atoms. The topological polar surface area (TPSA) is 163 Å². The highest BCUT2D eigenvalue weighted by atomic mass is 79.9. The molecule has 0 atom stereocenters. The lowest BCUT2D eigenvalue weighted by molar-refractivity contribution is -0.384. The first kappa shape index (κ1) is 40.5. The Morgan fingerprint density at radius 3 is 2.12 bits per heavy atom. The van der Waals surface area contributed by atoms with Crippen molar-refractivity contribution in [2.45, 2.75) is 13.8 Å². The van der Waals surface area contributed by atoms with Crippen LogP contribution in [0.3, 0.4) is 0 Å². The summed E-state index contributed by atoms with van der Waals surface area (Å²) in [6, 6.07) is 16.2. The molecule has 1 aliphatic rings. The van der Waals surface area contributed by atoms with Crippen LogP contribution >= 0.6 is 15.9 Å². The number of benzene rings is 1. The summed E-state index contributed by atoms with van der Waals surface area (Å²) < 4.78 is 46.1. The third-order valence-electron chi connectivity index (χ3n) is 9.38. The number of aryl methyl sites for hydroxylation is 1. The van der Waals surface area contributed by atoms with Gasteiger partial charge in [0.05, 0.1) is 83.6 Å². The number of nitrogens with one attached hydrogen (secondary N) is 1. The number of aromatic nitrogens is 6. The summed E-state index contributed by atoms with van der Waals surface area (Å²) in [5.41, 5.74) is 7.06. The minimum atomic E-state index is -0.716. The van der Waals surface area contributed by atoms with Crippen LogP contribution in [0.5, 0.6) is 11.8 Å². The van der Waals surface area contributed by atoms with E-state index < -0.39 is 16.6 Å². The molecular formula is C42H36BrF2N9O5. The number of morpholine rings is 1. The number of nitro groups is 1. The molecule has 17 heteroatoms. The second-order valence-corrected chi connectivity index (χ2v) is 14.1. The van der Waals surface area contributed by atoms with Crippen LogP contribution in [0.4, 0.5) is 31.5 Å². The third kappa shape index (κ3) is 9.05. The normalized spacial score (nSPS) is 12.4. The van der Waals surface area contributed by atoms with Crippen LogP contribution in [0.15, 0.2) is 96.1 Å². The maximum absolute atomic E-state index is 15.5. The predicted octanol–water partition coefficient (Wildman–Crippen LogP) is 9.06. The molecule has 0 radical (unpaired) electrons. The van der Waals surface area contributed by atoms with Crippen molar-refractivity contribution in [2.24, 2.45) is 0 Å². The summed E-state index contributed by atoms with van der Waals surface area (Å²) in [6.45, 7) is 6.48. The van der Waals surface area contributed by atoms with Gasteiger partial charge in [0.2, 0.25) is 11.8 Å². The number of hydrogen-bond acceptors (Lipinski definition) is 13. The van der Waals surface area contributed by atoms with E-state index in [1.807, 2.05) is 44.3 Å². The molecule has 7 aromatic rings. The monoisotopic (exact) mass is 863 g/mol. The molecular weight excluding hydrogens is 828 g/mol. The molecule has 0 aliphatic carbocycles. The highest BCUT2D eigenvalue weighted by molar-refractivity contribution is 9.10. The van der Waals surface area contributed by atoms with Crippen molar-refractivity contribution in [3.05, 3.63) is 129 Å². The molecule has 0 saturated carbocycles. The lowest BCUT2D eigenvalue weighted by atomic mass is 10.0. The summed E-state index contributed by atoms with van der Waals surface area (Å²) in [5, 5.41) is 14.6. The maximum Gasteiger partial charge on any atom is 0.296 e. The van der Waals surface area contributed by atoms with Gasteiger partial charge in [-0.25, -0.2) is 28.7 Å². The van der Waals surface area contributed by atoms with Crippen LogP contribution in [0.25, 0.3) is 44.8 Å². The lowest BCUT2D eigenvalue weighted by Gasteiger charge is -2.29. The van der Waals surface area contributed by atoms with E-state index in [1.165, 1.54) is 31.6 Å². The molecule has 1 aliphatic heterocycles. The first-order valence-electron chi connectivity index (χ1n) is 18.2. The van der Waals surface area contributed by atoms with E-state index in [9.17, 15) is 14.5 Å². The van der Waals surface area contributed by atoms with Crippen LogP contribution in [-0.2, 0) is 4.74 Å². The van der Waals surface area contributed by atoms with E-state index in [4.69, 9.17) is 19.2 Å². The van der Waals surface area contributed by atoms with E-state index in [-0.39, 0.29) is 22.3 Å². The van der Waals surface area contributed by atoms with Crippen LogP contribution in [0, 0.1) is 35.6 Å². The number of methoxy groups -OCH3 is 2. The quantitative estimate of drug-likeness (QED) is 0.108. The molecule has 7 heterocycles. The van der Waals surface area contributed by atoms with E-state index in [2.05, 4.69) is 51.1 Å². The fraction of sp³-hybridized carbons (Fsp3) is 0.190. The number of fused-ring (bicyclic) bond motifs is 1. The van der Waals surface area contributed by atoms with Gasteiger partial charge in [0.1, 0.15) is 17.3 Å². The van der Waals surface area contributed by atoms with Crippen molar-refractivity contribution in [1.82, 2.24) is 29.9 Å². The average Bonchev–Trinajstić information content (AvgIpc) is 3.25. The zero-order valence-corrected chi connectivity index (χ0v) is 33.8. The molecule has 8 rings (SSSR count). The van der Waals surface area contributed by atoms with Gasteiger partial charge >= 0.3 is 0 Å². The molecule has 59 heavy (non-hydrogen) atoms. The summed E-state index contributed by atoms with van der Waals surface area (Å²) in [6.07, 6.45) is 8.18. The fourth-order valence-electron chi connectivity index (χ4n) is 6.46. The Morgan fingerprint density at radius 2 is 1.49 bits per heavy atom. The predicted molar refractivity (Wildman–Crippen MR) is 223 cm³/mol. The molecule has 1 aromatic carbocycles. The van der Waals surface area contributed by atoms with Gasteiger partial charge in [0.15, 0.2) is 0 Å². The molecule has 300 valence electrons. The number of hydrogen-bond donors (Lipinski definition) is 1. The van der Waals surface area contributed by atoms with Crippen LogP contribution in [-0.4, -0.2) is 75.4 Å². The molecule has 1 saturated heterocycles. The second kappa shape index (κ2) is 17.8. The van der Waals surface area contributed by atoms with E-state index in [0.29, 0.717) is 69.0 Å². The molecule has 0 bridgehead atoms. The molecule has 0 unspecified atom stereocenters. The standard InChI is InChI=1S/C31H28F2N6O2.C11H8BrN3O3/c1-18-6-7-34-25(12-18)29-19(2)30(28-23(33)13-21(32)14-24(28)37-29)38-26-15-22(39-8-10-41-11-9-39)17-36-31(26)20-4-5-27(40-3)35-16-20;1-18-10-3-2-7(5-13-10)11-9(15(16)17)4-8(12)6-14-11/h4-7,12-17H,8-11H2,1-3H3,(H,37,38);2-6H,1H3. The van der Waals surface area contributed by atoms with Crippen LogP contribution in [0.1, 0.15) is 11.1 Å². The number of nitrogens with zero attached hydrogens (tertiary/aromatic N) is 8. The summed E-state index contributed by atoms with van der Waals surface area (Å²) in [5.74, 6) is -0.504. The van der Waals surface area contributed by atoms with Gasteiger partial charge in [0, 0.05) is 89.4 Å². The zero-order chi connectivity index (χ0) is 41.6. The summed E-state index contributed by atoms with van der Waals surface area (Å²) >= 11 is 3.16. The highest BCUT2D eigenvalue weighted by Gasteiger charge is 2.22. The maximum atomic E-state index is 15.5. The van der Waals surface area contributed by atoms with Gasteiger partial charge in [-0.1, -0.05) is 0 Å². The number of rotatable bonds is 9. The SMILES string of the molecule is COc1ccc(-c2ncc(Br)cc2[N+](=O)[O-])cn1.COc1ccc(-c2ncc(N3CCOCC3)cc2Nc2c(C)c(-c3cc(C)ccn3)nc3cc(F)cc(F)c23)cn1. The van der Waals surface area contributed by atoms with Crippen LogP contribution < -0.4 is 19.7 Å². The number of anilines is 3. The Kier molecular flexibility index (Phi) is 12.2. The fourth-order valence-corrected chi connectivity index (χ4v) is 6.78. The first-order chi connectivity index (χ1) is 28.5. The largest absolute Gasteiger partial charge is 0.481 e. The third-order valence-corrected chi connectivity index (χ3v) is 9.82. The van der Waals surface area contributed by atoms with Gasteiger partial charge in [0.25, 0.3) is 5.69 Å². The molecule has 14 nitrogen and oxygen atoms in total. The van der Waals surface area contributed by atoms with Crippen molar-refractivity contribution < 1.29 is 27.9 Å². The van der Waals surface area contributed by atoms with Crippen molar-refractivity contribution in [2.75, 3.05) is 50.7 Å². The van der Waals surface area contributed by atoms with Gasteiger partial charge in [-0.2, -0.15) is 0 Å². The summed E-state index contributed by atoms with van der Waals surface area (Å²) in [7, 11) is 3.06. The van der Waals surface area contributed by atoms with Crippen molar-refractivity contribution >= 4 is 49.6 Å². The summed E-state index contributed by atoms with van der Waals surface area (Å²) in [4.78, 5) is 39.1. The number of halogens is 3. The van der Waals surface area contributed by atoms with Gasteiger partial charge in [-0.15, -0.1) is 0 Å². The first-order valence-corrected chi connectivity index (χ1v) is 18.9. The Bertz CT molecular complexity index is 2650. The van der Waals surface area contributed by atoms with Crippen molar-refractivity contribution in [3.8, 4) is 45.7 Å².